The molecular formula is C15H17N3OS. The van der Waals surface area contributed by atoms with E-state index >= 15 is 0 Å². The van der Waals surface area contributed by atoms with E-state index in [1.54, 1.807) is 0 Å². The topological polar surface area (TPSA) is 41.3 Å². The van der Waals surface area contributed by atoms with Gasteiger partial charge in [-0.25, -0.2) is 0 Å². The molecule has 1 aliphatic rings. The maximum Gasteiger partial charge on any atom is 0.173 e. The summed E-state index contributed by atoms with van der Waals surface area (Å²) in [5.74, 6) is 0.933. The first-order valence-corrected chi connectivity index (χ1v) is 7.11. The SMILES string of the molecule is Cc1ccccc1NC(=S)N1CCc2c(C)noc2C1. The van der Waals surface area contributed by atoms with Crippen LogP contribution in [-0.2, 0) is 13.0 Å². The Kier molecular flexibility index (Phi) is 3.44. The minimum Gasteiger partial charge on any atom is -0.359 e. The fourth-order valence-electron chi connectivity index (χ4n) is 2.46. The van der Waals surface area contributed by atoms with E-state index < -0.39 is 0 Å². The van der Waals surface area contributed by atoms with E-state index in [2.05, 4.69) is 28.4 Å². The van der Waals surface area contributed by atoms with Gasteiger partial charge in [-0.05, 0) is 44.1 Å². The van der Waals surface area contributed by atoms with Crippen LogP contribution < -0.4 is 5.32 Å². The standard InChI is InChI=1S/C15H17N3OS/c1-10-5-3-4-6-13(10)16-15(20)18-8-7-12-11(2)17-19-14(12)9-18/h3-6H,7-9H2,1-2H3,(H,16,20). The molecule has 1 N–H and O–H groups in total. The average Bonchev–Trinajstić information content (AvgIpc) is 2.82. The lowest BCUT2D eigenvalue weighted by Crippen LogP contribution is -2.38. The van der Waals surface area contributed by atoms with Crippen molar-refractivity contribution in [2.24, 2.45) is 0 Å². The molecule has 0 spiro atoms. The molecule has 0 saturated heterocycles. The van der Waals surface area contributed by atoms with Crippen LogP contribution in [0.5, 0.6) is 0 Å². The van der Waals surface area contributed by atoms with Crippen molar-refractivity contribution in [3.05, 3.63) is 46.8 Å². The minimum atomic E-state index is 0.688. The average molecular weight is 287 g/mol. The quantitative estimate of drug-likeness (QED) is 0.816. The van der Waals surface area contributed by atoms with Crippen molar-refractivity contribution < 1.29 is 4.52 Å². The number of thiocarbonyl (C=S) groups is 1. The first kappa shape index (κ1) is 13.1. The Balaban J connectivity index is 1.72. The van der Waals surface area contributed by atoms with Crippen molar-refractivity contribution in [1.29, 1.82) is 0 Å². The van der Waals surface area contributed by atoms with Crippen LogP contribution >= 0.6 is 12.2 Å². The Hall–Kier alpha value is -1.88. The van der Waals surface area contributed by atoms with Crippen molar-refractivity contribution in [2.75, 3.05) is 11.9 Å². The minimum absolute atomic E-state index is 0.688. The van der Waals surface area contributed by atoms with Gasteiger partial charge in [-0.1, -0.05) is 23.4 Å². The van der Waals surface area contributed by atoms with Crippen LogP contribution in [0.4, 0.5) is 5.69 Å². The van der Waals surface area contributed by atoms with Gasteiger partial charge >= 0.3 is 0 Å². The van der Waals surface area contributed by atoms with Crippen LogP contribution in [0, 0.1) is 13.8 Å². The van der Waals surface area contributed by atoms with Crippen LogP contribution in [0.25, 0.3) is 0 Å². The lowest BCUT2D eigenvalue weighted by atomic mass is 10.1. The molecule has 0 atom stereocenters. The summed E-state index contributed by atoms with van der Waals surface area (Å²) in [6, 6.07) is 8.13. The van der Waals surface area contributed by atoms with E-state index in [1.165, 1.54) is 11.1 Å². The van der Waals surface area contributed by atoms with Crippen LogP contribution in [0.3, 0.4) is 0 Å². The molecule has 1 aliphatic heterocycles. The van der Waals surface area contributed by atoms with Crippen molar-refractivity contribution in [3.63, 3.8) is 0 Å². The van der Waals surface area contributed by atoms with Gasteiger partial charge in [0.05, 0.1) is 12.2 Å². The summed E-state index contributed by atoms with van der Waals surface area (Å²) in [6.45, 7) is 5.64. The third-order valence-corrected chi connectivity index (χ3v) is 4.07. The molecule has 0 saturated carbocycles. The molecule has 2 aromatic rings. The van der Waals surface area contributed by atoms with Gasteiger partial charge in [0.1, 0.15) is 0 Å². The molecule has 0 fully saturated rings. The molecule has 0 aliphatic carbocycles. The predicted molar refractivity (Wildman–Crippen MR) is 82.8 cm³/mol. The van der Waals surface area contributed by atoms with Crippen molar-refractivity contribution in [3.8, 4) is 0 Å². The first-order valence-electron chi connectivity index (χ1n) is 6.70. The van der Waals surface area contributed by atoms with Gasteiger partial charge in [0.15, 0.2) is 10.9 Å². The zero-order valence-electron chi connectivity index (χ0n) is 11.6. The highest BCUT2D eigenvalue weighted by Gasteiger charge is 2.23. The van der Waals surface area contributed by atoms with Crippen molar-refractivity contribution >= 4 is 23.0 Å². The smallest absolute Gasteiger partial charge is 0.173 e. The molecule has 5 heteroatoms. The second kappa shape index (κ2) is 5.25. The van der Waals surface area contributed by atoms with Crippen LogP contribution in [-0.4, -0.2) is 21.7 Å². The van der Waals surface area contributed by atoms with Gasteiger partial charge < -0.3 is 14.7 Å². The van der Waals surface area contributed by atoms with E-state index in [0.29, 0.717) is 6.54 Å². The zero-order chi connectivity index (χ0) is 14.1. The molecule has 1 aromatic carbocycles. The van der Waals surface area contributed by atoms with Crippen LogP contribution in [0.2, 0.25) is 0 Å². The van der Waals surface area contributed by atoms with Crippen LogP contribution in [0.15, 0.2) is 28.8 Å². The van der Waals surface area contributed by atoms with E-state index in [0.717, 1.165) is 35.2 Å². The number of benzene rings is 1. The maximum absolute atomic E-state index is 5.50. The molecule has 0 unspecified atom stereocenters. The summed E-state index contributed by atoms with van der Waals surface area (Å²) in [6.07, 6.45) is 0.931. The molecule has 20 heavy (non-hydrogen) atoms. The van der Waals surface area contributed by atoms with E-state index in [4.69, 9.17) is 16.7 Å². The number of nitrogens with one attached hydrogen (secondary N) is 1. The van der Waals surface area contributed by atoms with E-state index in [9.17, 15) is 0 Å². The largest absolute Gasteiger partial charge is 0.359 e. The third kappa shape index (κ3) is 2.41. The summed E-state index contributed by atoms with van der Waals surface area (Å²) in [5.41, 5.74) is 4.47. The van der Waals surface area contributed by atoms with Gasteiger partial charge in [-0.3, -0.25) is 0 Å². The van der Waals surface area contributed by atoms with Crippen molar-refractivity contribution in [1.82, 2.24) is 10.1 Å². The van der Waals surface area contributed by atoms with E-state index in [1.807, 2.05) is 25.1 Å². The number of anilines is 1. The number of hydrogen-bond donors (Lipinski definition) is 1. The summed E-state index contributed by atoms with van der Waals surface area (Å²) < 4.78 is 5.36. The second-order valence-corrected chi connectivity index (χ2v) is 5.47. The molecule has 3 rings (SSSR count). The third-order valence-electron chi connectivity index (χ3n) is 3.71. The molecule has 0 radical (unpaired) electrons. The first-order chi connectivity index (χ1) is 9.65. The highest BCUT2D eigenvalue weighted by atomic mass is 32.1. The second-order valence-electron chi connectivity index (χ2n) is 5.09. The lowest BCUT2D eigenvalue weighted by molar-refractivity contribution is 0.304. The number of nitrogens with zero attached hydrogens (tertiary/aromatic N) is 2. The van der Waals surface area contributed by atoms with Gasteiger partial charge in [-0.2, -0.15) is 0 Å². The van der Waals surface area contributed by atoms with Gasteiger partial charge in [0.2, 0.25) is 0 Å². The summed E-state index contributed by atoms with van der Waals surface area (Å²) in [5, 5.41) is 8.07. The summed E-state index contributed by atoms with van der Waals surface area (Å²) >= 11 is 5.50. The number of rotatable bonds is 1. The van der Waals surface area contributed by atoms with Crippen molar-refractivity contribution in [2.45, 2.75) is 26.8 Å². The Morgan fingerprint density at radius 2 is 2.15 bits per heavy atom. The highest BCUT2D eigenvalue weighted by Crippen LogP contribution is 2.23. The predicted octanol–water partition coefficient (Wildman–Crippen LogP) is 3.05. The van der Waals surface area contributed by atoms with Gasteiger partial charge in [-0.15, -0.1) is 0 Å². The molecular weight excluding hydrogens is 270 g/mol. The number of aryl methyl sites for hydroxylation is 2. The molecule has 1 aromatic heterocycles. The number of hydrogen-bond acceptors (Lipinski definition) is 3. The van der Waals surface area contributed by atoms with Crippen LogP contribution in [0.1, 0.15) is 22.6 Å². The summed E-state index contributed by atoms with van der Waals surface area (Å²) in [7, 11) is 0. The fourth-order valence-corrected chi connectivity index (χ4v) is 2.73. The van der Waals surface area contributed by atoms with Gasteiger partial charge in [0, 0.05) is 17.8 Å². The number of para-hydroxylation sites is 1. The van der Waals surface area contributed by atoms with E-state index in [-0.39, 0.29) is 0 Å². The Bertz CT molecular complexity index is 650. The number of aromatic nitrogens is 1. The number of fused-ring (bicyclic) bond motifs is 1. The molecule has 0 amide bonds. The fraction of sp³-hybridized carbons (Fsp3) is 0.333. The molecule has 104 valence electrons. The monoisotopic (exact) mass is 287 g/mol. The Morgan fingerprint density at radius 1 is 1.35 bits per heavy atom. The molecule has 0 bridgehead atoms. The zero-order valence-corrected chi connectivity index (χ0v) is 12.5. The van der Waals surface area contributed by atoms with Gasteiger partial charge in [0.25, 0.3) is 0 Å². The lowest BCUT2D eigenvalue weighted by Gasteiger charge is -2.28. The highest BCUT2D eigenvalue weighted by molar-refractivity contribution is 7.80. The normalized spacial score (nSPS) is 14.0. The Morgan fingerprint density at radius 3 is 2.95 bits per heavy atom. The summed E-state index contributed by atoms with van der Waals surface area (Å²) in [4.78, 5) is 2.12. The molecule has 4 nitrogen and oxygen atoms in total. The molecule has 2 heterocycles. The maximum atomic E-state index is 5.50. The Labute approximate surface area is 123 Å².